The van der Waals surface area contributed by atoms with Gasteiger partial charge in [0.05, 0.1) is 0 Å². The highest BCUT2D eigenvalue weighted by molar-refractivity contribution is 6.31. The van der Waals surface area contributed by atoms with Gasteiger partial charge >= 0.3 is 11.9 Å². The lowest BCUT2D eigenvalue weighted by Crippen LogP contribution is -2.16. The second-order valence-electron chi connectivity index (χ2n) is 6.07. The van der Waals surface area contributed by atoms with Gasteiger partial charge < -0.3 is 18.9 Å². The smallest absolute Gasteiger partial charge is 0.345 e. The molecule has 2 aromatic rings. The van der Waals surface area contributed by atoms with E-state index in [4.69, 9.17) is 42.1 Å². The third kappa shape index (κ3) is 8.24. The molecule has 0 fully saturated rings. The summed E-state index contributed by atoms with van der Waals surface area (Å²) in [6.45, 7) is 2.86. The second kappa shape index (κ2) is 12.0. The quantitative estimate of drug-likeness (QED) is 0.444. The minimum absolute atomic E-state index is 0.139. The maximum atomic E-state index is 11.7. The Hall–Kier alpha value is -2.88. The normalized spacial score (nSPS) is 9.87. The fourth-order valence-corrected chi connectivity index (χ4v) is 2.69. The predicted molar refractivity (Wildman–Crippen MR) is 113 cm³/mol. The molecule has 0 radical (unpaired) electrons. The van der Waals surface area contributed by atoms with E-state index in [1.54, 1.807) is 36.4 Å². The Morgan fingerprint density at radius 2 is 1.17 bits per heavy atom. The minimum atomic E-state index is -0.567. The molecule has 0 spiro atoms. The van der Waals surface area contributed by atoms with Crippen molar-refractivity contribution in [1.29, 1.82) is 0 Å². The molecule has 30 heavy (non-hydrogen) atoms. The van der Waals surface area contributed by atoms with Crippen molar-refractivity contribution in [2.24, 2.45) is 0 Å². The van der Waals surface area contributed by atoms with Gasteiger partial charge in [0, 0.05) is 10.0 Å². The minimum Gasteiger partial charge on any atom is -0.482 e. The average Bonchev–Trinajstić information content (AvgIpc) is 2.69. The zero-order chi connectivity index (χ0) is 21.9. The molecule has 0 aliphatic heterocycles. The highest BCUT2D eigenvalue weighted by atomic mass is 35.5. The average molecular weight is 451 g/mol. The van der Waals surface area contributed by atoms with Crippen LogP contribution in [0.5, 0.6) is 11.5 Å². The molecule has 0 saturated carbocycles. The molecule has 0 saturated heterocycles. The molecule has 0 atom stereocenters. The van der Waals surface area contributed by atoms with Crippen molar-refractivity contribution in [2.75, 3.05) is 26.4 Å². The topological polar surface area (TPSA) is 71.1 Å². The molecule has 0 heterocycles. The van der Waals surface area contributed by atoms with Crippen LogP contribution in [-0.2, 0) is 19.1 Å². The molecular weight excluding hydrogens is 431 g/mol. The van der Waals surface area contributed by atoms with E-state index >= 15 is 0 Å². The van der Waals surface area contributed by atoms with Crippen molar-refractivity contribution < 1.29 is 28.5 Å². The molecule has 2 rings (SSSR count). The first-order valence-corrected chi connectivity index (χ1v) is 9.65. The van der Waals surface area contributed by atoms with E-state index in [0.717, 1.165) is 11.1 Å². The number of carbonyl (C=O) groups is 2. The molecule has 0 aliphatic rings. The Morgan fingerprint density at radius 1 is 0.767 bits per heavy atom. The first-order valence-electron chi connectivity index (χ1n) is 8.90. The summed E-state index contributed by atoms with van der Waals surface area (Å²) in [6.07, 6.45) is 0. The number of hydrogen-bond donors (Lipinski definition) is 0. The Morgan fingerprint density at radius 3 is 1.53 bits per heavy atom. The van der Waals surface area contributed by atoms with Crippen molar-refractivity contribution in [3.8, 4) is 23.3 Å². The van der Waals surface area contributed by atoms with Crippen LogP contribution in [0.2, 0.25) is 10.0 Å². The third-order valence-corrected chi connectivity index (χ3v) is 4.17. The maximum Gasteiger partial charge on any atom is 0.345 e. The lowest BCUT2D eigenvalue weighted by molar-refractivity contribution is -0.145. The van der Waals surface area contributed by atoms with Crippen LogP contribution in [-0.4, -0.2) is 38.4 Å². The first kappa shape index (κ1) is 23.4. The first-order chi connectivity index (χ1) is 14.3. The predicted octanol–water partition coefficient (Wildman–Crippen LogP) is 4.16. The third-order valence-electron chi connectivity index (χ3n) is 3.70. The van der Waals surface area contributed by atoms with Crippen LogP contribution in [0.4, 0.5) is 0 Å². The summed E-state index contributed by atoms with van der Waals surface area (Å²) in [7, 11) is 0. The Kier molecular flexibility index (Phi) is 9.33. The number of hydrogen-bond acceptors (Lipinski definition) is 6. The molecule has 2 aromatic carbocycles. The van der Waals surface area contributed by atoms with Gasteiger partial charge in [-0.25, -0.2) is 9.59 Å². The molecular formula is C22H20Cl2O6. The van der Waals surface area contributed by atoms with Gasteiger partial charge in [0.15, 0.2) is 26.4 Å². The van der Waals surface area contributed by atoms with Crippen LogP contribution >= 0.6 is 23.2 Å². The van der Waals surface area contributed by atoms with Crippen LogP contribution in [0.15, 0.2) is 36.4 Å². The van der Waals surface area contributed by atoms with Crippen molar-refractivity contribution in [3.05, 3.63) is 57.6 Å². The molecule has 0 unspecified atom stereocenters. The van der Waals surface area contributed by atoms with Crippen LogP contribution in [0.25, 0.3) is 0 Å². The highest BCUT2D eigenvalue weighted by Gasteiger charge is 2.07. The van der Waals surface area contributed by atoms with E-state index in [1.807, 2.05) is 13.8 Å². The van der Waals surface area contributed by atoms with Crippen LogP contribution in [0, 0.1) is 25.7 Å². The van der Waals surface area contributed by atoms with Gasteiger partial charge in [0.25, 0.3) is 0 Å². The van der Waals surface area contributed by atoms with E-state index in [0.29, 0.717) is 21.5 Å². The monoisotopic (exact) mass is 450 g/mol. The number of halogens is 2. The molecule has 0 N–H and O–H groups in total. The van der Waals surface area contributed by atoms with E-state index in [9.17, 15) is 9.59 Å². The summed E-state index contributed by atoms with van der Waals surface area (Å²) in [5, 5.41) is 1.18. The van der Waals surface area contributed by atoms with Crippen LogP contribution in [0.3, 0.4) is 0 Å². The lowest BCUT2D eigenvalue weighted by atomic mass is 10.2. The van der Waals surface area contributed by atoms with E-state index < -0.39 is 11.9 Å². The van der Waals surface area contributed by atoms with Gasteiger partial charge in [-0.1, -0.05) is 35.0 Å². The molecule has 0 aromatic heterocycles. The largest absolute Gasteiger partial charge is 0.482 e. The number of carbonyl (C=O) groups excluding carboxylic acids is 2. The SMILES string of the molecule is Cc1cc(Cl)ccc1OCC(=O)OCC#CCOC(=O)COc1ccc(Cl)cc1C. The Bertz CT molecular complexity index is 886. The molecule has 158 valence electrons. The number of aryl methyl sites for hydroxylation is 2. The number of ether oxygens (including phenoxy) is 4. The van der Waals surface area contributed by atoms with Crippen molar-refractivity contribution in [1.82, 2.24) is 0 Å². The van der Waals surface area contributed by atoms with Gasteiger partial charge in [-0.05, 0) is 61.4 Å². The van der Waals surface area contributed by atoms with E-state index in [1.165, 1.54) is 0 Å². The molecule has 0 aliphatic carbocycles. The van der Waals surface area contributed by atoms with Crippen LogP contribution in [0.1, 0.15) is 11.1 Å². The maximum absolute atomic E-state index is 11.7. The molecule has 0 amide bonds. The zero-order valence-corrected chi connectivity index (χ0v) is 18.0. The van der Waals surface area contributed by atoms with Gasteiger partial charge in [-0.15, -0.1) is 0 Å². The standard InChI is InChI=1S/C22H20Cl2O6/c1-15-11-17(23)5-7-19(15)29-13-21(25)27-9-3-4-10-28-22(26)14-30-20-8-6-18(24)12-16(20)2/h5-8,11-12H,9-10,13-14H2,1-2H3. The van der Waals surface area contributed by atoms with E-state index in [2.05, 4.69) is 11.8 Å². The number of esters is 2. The molecule has 8 heteroatoms. The number of benzene rings is 2. The van der Waals surface area contributed by atoms with Gasteiger partial charge in [0.1, 0.15) is 11.5 Å². The Balaban J connectivity index is 1.60. The lowest BCUT2D eigenvalue weighted by Gasteiger charge is -2.08. The zero-order valence-electron chi connectivity index (χ0n) is 16.5. The molecule has 6 nitrogen and oxygen atoms in total. The second-order valence-corrected chi connectivity index (χ2v) is 6.94. The van der Waals surface area contributed by atoms with Crippen molar-refractivity contribution >= 4 is 35.1 Å². The van der Waals surface area contributed by atoms with Gasteiger partial charge in [-0.3, -0.25) is 0 Å². The van der Waals surface area contributed by atoms with Gasteiger partial charge in [-0.2, -0.15) is 0 Å². The Labute approximate surface area is 185 Å². The fourth-order valence-electron chi connectivity index (χ4n) is 2.24. The highest BCUT2D eigenvalue weighted by Crippen LogP contribution is 2.22. The summed E-state index contributed by atoms with van der Waals surface area (Å²) in [6, 6.07) is 10.2. The van der Waals surface area contributed by atoms with Gasteiger partial charge in [0.2, 0.25) is 0 Å². The van der Waals surface area contributed by atoms with E-state index in [-0.39, 0.29) is 26.4 Å². The summed E-state index contributed by atoms with van der Waals surface area (Å²) in [4.78, 5) is 23.3. The number of rotatable bonds is 8. The molecule has 0 bridgehead atoms. The fraction of sp³-hybridized carbons (Fsp3) is 0.273. The summed E-state index contributed by atoms with van der Waals surface area (Å²) >= 11 is 11.7. The summed E-state index contributed by atoms with van der Waals surface area (Å²) < 4.78 is 20.6. The van der Waals surface area contributed by atoms with Crippen LogP contribution < -0.4 is 9.47 Å². The summed E-state index contributed by atoms with van der Waals surface area (Å²) in [5.41, 5.74) is 1.62. The van der Waals surface area contributed by atoms with Crippen molar-refractivity contribution in [2.45, 2.75) is 13.8 Å². The summed E-state index contributed by atoms with van der Waals surface area (Å²) in [5.74, 6) is 5.12. The van der Waals surface area contributed by atoms with Crippen molar-refractivity contribution in [3.63, 3.8) is 0 Å².